The quantitative estimate of drug-likeness (QED) is 0.357. The first kappa shape index (κ1) is 19.5. The molecule has 0 atom stereocenters. The van der Waals surface area contributed by atoms with Crippen LogP contribution in [0.2, 0.25) is 5.02 Å². The van der Waals surface area contributed by atoms with E-state index in [2.05, 4.69) is 28.4 Å². The second kappa shape index (κ2) is 8.02. The van der Waals surface area contributed by atoms with Crippen LogP contribution in [0.15, 0.2) is 66.7 Å². The molecule has 0 bridgehead atoms. The summed E-state index contributed by atoms with van der Waals surface area (Å²) in [5, 5.41) is 17.3. The Bertz CT molecular complexity index is 1340. The highest BCUT2D eigenvalue weighted by atomic mass is 35.5. The van der Waals surface area contributed by atoms with Gasteiger partial charge in [0.25, 0.3) is 0 Å². The minimum absolute atomic E-state index is 0.327. The largest absolute Gasteiger partial charge is 0.252 e. The van der Waals surface area contributed by atoms with Crippen molar-refractivity contribution in [3.63, 3.8) is 0 Å². The van der Waals surface area contributed by atoms with Gasteiger partial charge in [0, 0.05) is 5.02 Å². The monoisotopic (exact) mass is 427 g/mol. The Hall–Kier alpha value is -3.42. The fourth-order valence-electron chi connectivity index (χ4n) is 4.32. The molecule has 1 heterocycles. The van der Waals surface area contributed by atoms with Gasteiger partial charge in [0.15, 0.2) is 0 Å². The maximum Gasteiger partial charge on any atom is 0.216 e. The number of nitrogens with zero attached hydrogens (tertiary/aromatic N) is 2. The molecular weight excluding hydrogens is 409 g/mol. The number of benzene rings is 3. The van der Waals surface area contributed by atoms with Gasteiger partial charge in [-0.2, -0.15) is 14.8 Å². The van der Waals surface area contributed by atoms with Gasteiger partial charge >= 0.3 is 0 Å². The summed E-state index contributed by atoms with van der Waals surface area (Å²) in [6.07, 6.45) is 3.27. The smallest absolute Gasteiger partial charge is 0.216 e. The third kappa shape index (κ3) is 3.52. The molecule has 31 heavy (non-hydrogen) atoms. The zero-order valence-corrected chi connectivity index (χ0v) is 17.5. The number of rotatable bonds is 4. The molecule has 1 aliphatic rings. The van der Waals surface area contributed by atoms with E-state index < -0.39 is 5.95 Å². The van der Waals surface area contributed by atoms with Crippen LogP contribution in [0.25, 0.3) is 22.0 Å². The summed E-state index contributed by atoms with van der Waals surface area (Å²) in [7, 11) is 0. The first-order valence-electron chi connectivity index (χ1n) is 10.3. The number of hydrogen-bond acceptors (Lipinski definition) is 2. The fraction of sp³-hybridized carbons (Fsp3) is 0.154. The normalized spacial score (nSPS) is 14.7. The minimum atomic E-state index is -0.446. The molecule has 1 N–H and O–H groups in total. The summed E-state index contributed by atoms with van der Waals surface area (Å²) in [5.74, 6) is -0.118. The predicted molar refractivity (Wildman–Crippen MR) is 122 cm³/mol. The highest BCUT2D eigenvalue weighted by Crippen LogP contribution is 2.46. The van der Waals surface area contributed by atoms with E-state index in [-0.39, 0.29) is 0 Å². The number of hydrogen-bond donors (Lipinski definition) is 1. The second-order valence-electron chi connectivity index (χ2n) is 7.85. The average molecular weight is 428 g/mol. The number of aromatic nitrogens is 2. The lowest BCUT2D eigenvalue weighted by Gasteiger charge is -2.32. The van der Waals surface area contributed by atoms with Crippen molar-refractivity contribution < 1.29 is 4.39 Å². The maximum atomic E-state index is 14.3. The van der Waals surface area contributed by atoms with Crippen molar-refractivity contribution >= 4 is 33.7 Å². The molecule has 1 saturated carbocycles. The van der Waals surface area contributed by atoms with Gasteiger partial charge in [0.2, 0.25) is 5.95 Å². The van der Waals surface area contributed by atoms with Crippen molar-refractivity contribution in [1.29, 1.82) is 5.26 Å². The second-order valence-corrected chi connectivity index (χ2v) is 8.29. The number of nitrogens with one attached hydrogen (secondary N) is 1. The van der Waals surface area contributed by atoms with E-state index in [9.17, 15) is 9.65 Å². The molecule has 1 aromatic heterocycles. The molecule has 3 aromatic carbocycles. The van der Waals surface area contributed by atoms with Gasteiger partial charge in [-0.3, -0.25) is 5.10 Å². The molecule has 1 fully saturated rings. The van der Waals surface area contributed by atoms with Crippen LogP contribution in [-0.2, 0) is 0 Å². The van der Waals surface area contributed by atoms with Gasteiger partial charge < -0.3 is 0 Å². The van der Waals surface area contributed by atoms with Crippen LogP contribution >= 0.6 is 11.6 Å². The van der Waals surface area contributed by atoms with Crippen LogP contribution in [0.4, 0.5) is 4.39 Å². The van der Waals surface area contributed by atoms with Gasteiger partial charge in [-0.15, -0.1) is 0 Å². The van der Waals surface area contributed by atoms with E-state index in [4.69, 9.17) is 11.6 Å². The van der Waals surface area contributed by atoms with Crippen LogP contribution in [0.5, 0.6) is 0 Å². The van der Waals surface area contributed by atoms with E-state index in [0.717, 1.165) is 47.1 Å². The molecule has 5 rings (SSSR count). The van der Waals surface area contributed by atoms with E-state index in [1.165, 1.54) is 0 Å². The molecule has 5 heteroatoms. The first-order chi connectivity index (χ1) is 15.2. The lowest BCUT2D eigenvalue weighted by Crippen LogP contribution is -2.16. The molecular formula is C26H19ClFN3. The third-order valence-electron chi connectivity index (χ3n) is 6.03. The minimum Gasteiger partial charge on any atom is -0.252 e. The SMILES string of the molecule is N#Cc1cc(Cl)ccc1/C(=C(\c1ccccc1)c1ccc2n[nH]c(F)c2c1)C1CCC1. The summed E-state index contributed by atoms with van der Waals surface area (Å²) < 4.78 is 14.3. The number of H-pyrrole nitrogens is 1. The van der Waals surface area contributed by atoms with Gasteiger partial charge in [0.1, 0.15) is 0 Å². The van der Waals surface area contributed by atoms with Crippen LogP contribution in [0.1, 0.15) is 41.5 Å². The van der Waals surface area contributed by atoms with E-state index in [1.807, 2.05) is 48.5 Å². The first-order valence-corrected chi connectivity index (χ1v) is 10.7. The number of allylic oxidation sites excluding steroid dienone is 1. The fourth-order valence-corrected chi connectivity index (χ4v) is 4.49. The third-order valence-corrected chi connectivity index (χ3v) is 6.27. The van der Waals surface area contributed by atoms with Gasteiger partial charge in [0.05, 0.1) is 22.5 Å². The van der Waals surface area contributed by atoms with Gasteiger partial charge in [-0.1, -0.05) is 60.5 Å². The molecule has 4 aromatic rings. The highest BCUT2D eigenvalue weighted by molar-refractivity contribution is 6.30. The Labute approximate surface area is 184 Å². The maximum absolute atomic E-state index is 14.3. The number of nitriles is 1. The Morgan fingerprint density at radius 3 is 2.55 bits per heavy atom. The van der Waals surface area contributed by atoms with Crippen molar-refractivity contribution in [1.82, 2.24) is 10.2 Å². The number of halogens is 2. The van der Waals surface area contributed by atoms with Gasteiger partial charge in [-0.05, 0) is 70.9 Å². The summed E-state index contributed by atoms with van der Waals surface area (Å²) in [6.45, 7) is 0. The average Bonchev–Trinajstić information content (AvgIpc) is 3.13. The van der Waals surface area contributed by atoms with Crippen molar-refractivity contribution in [2.45, 2.75) is 19.3 Å². The predicted octanol–water partition coefficient (Wildman–Crippen LogP) is 6.99. The molecule has 0 amide bonds. The topological polar surface area (TPSA) is 52.5 Å². The Kier molecular flexibility index (Phi) is 5.05. The van der Waals surface area contributed by atoms with Crippen molar-refractivity contribution in [3.8, 4) is 6.07 Å². The summed E-state index contributed by atoms with van der Waals surface area (Å²) in [6, 6.07) is 23.6. The van der Waals surface area contributed by atoms with Crippen LogP contribution < -0.4 is 0 Å². The molecule has 152 valence electrons. The van der Waals surface area contributed by atoms with Crippen LogP contribution in [0.3, 0.4) is 0 Å². The molecule has 0 aliphatic heterocycles. The van der Waals surface area contributed by atoms with Crippen molar-refractivity contribution in [3.05, 3.63) is 100.0 Å². The Morgan fingerprint density at radius 1 is 1.03 bits per heavy atom. The van der Waals surface area contributed by atoms with E-state index in [1.54, 1.807) is 6.07 Å². The zero-order chi connectivity index (χ0) is 21.4. The Morgan fingerprint density at radius 2 is 1.84 bits per heavy atom. The summed E-state index contributed by atoms with van der Waals surface area (Å²) in [4.78, 5) is 0. The Balaban J connectivity index is 1.86. The van der Waals surface area contributed by atoms with Crippen LogP contribution in [-0.4, -0.2) is 10.2 Å². The van der Waals surface area contributed by atoms with Crippen molar-refractivity contribution in [2.24, 2.45) is 5.92 Å². The number of fused-ring (bicyclic) bond motifs is 1. The molecule has 0 unspecified atom stereocenters. The van der Waals surface area contributed by atoms with E-state index in [0.29, 0.717) is 27.4 Å². The standard InChI is InChI=1S/C26H19ClFN3/c27-20-10-11-21(19(13-20)15-29)25(17-7-4-8-17)24(16-5-2-1-3-6-16)18-9-12-23-22(14-18)26(28)31-30-23/h1-3,5-6,9-14,17H,4,7-8H2,(H,30,31)/b25-24+. The van der Waals surface area contributed by atoms with Crippen molar-refractivity contribution in [2.75, 3.05) is 0 Å². The summed E-state index contributed by atoms with van der Waals surface area (Å²) >= 11 is 6.19. The van der Waals surface area contributed by atoms with Crippen LogP contribution in [0, 0.1) is 23.2 Å². The number of aromatic amines is 1. The zero-order valence-electron chi connectivity index (χ0n) is 16.7. The summed E-state index contributed by atoms with van der Waals surface area (Å²) in [5.41, 5.74) is 6.11. The molecule has 1 aliphatic carbocycles. The molecule has 3 nitrogen and oxygen atoms in total. The lowest BCUT2D eigenvalue weighted by atomic mass is 9.72. The molecule has 0 spiro atoms. The van der Waals surface area contributed by atoms with E-state index >= 15 is 0 Å². The lowest BCUT2D eigenvalue weighted by molar-refractivity contribution is 0.401. The molecule has 0 radical (unpaired) electrons. The highest BCUT2D eigenvalue weighted by Gasteiger charge is 2.29. The molecule has 0 saturated heterocycles. The van der Waals surface area contributed by atoms with Gasteiger partial charge in [-0.25, -0.2) is 0 Å².